The zero-order valence-corrected chi connectivity index (χ0v) is 12.6. The van der Waals surface area contributed by atoms with Gasteiger partial charge in [0.1, 0.15) is 11.6 Å². The molecule has 0 heterocycles. The summed E-state index contributed by atoms with van der Waals surface area (Å²) in [6.45, 7) is 8.11. The number of benzene rings is 1. The summed E-state index contributed by atoms with van der Waals surface area (Å²) in [7, 11) is 0. The van der Waals surface area contributed by atoms with Gasteiger partial charge in [0.2, 0.25) is 0 Å². The van der Waals surface area contributed by atoms with Crippen LogP contribution in [0, 0.1) is 27.7 Å². The highest BCUT2D eigenvalue weighted by atomic mass is 35.5. The maximum absolute atomic E-state index is 11.7. The minimum atomic E-state index is 0.00514. The van der Waals surface area contributed by atoms with E-state index in [2.05, 4.69) is 6.92 Å². The Morgan fingerprint density at radius 2 is 1.37 bits per heavy atom. The average Bonchev–Trinajstić information content (AvgIpc) is 2.33. The van der Waals surface area contributed by atoms with Crippen LogP contribution in [0.3, 0.4) is 0 Å². The van der Waals surface area contributed by atoms with E-state index in [0.717, 1.165) is 27.3 Å². The summed E-state index contributed by atoms with van der Waals surface area (Å²) >= 11 is 6.38. The molecule has 0 saturated heterocycles. The van der Waals surface area contributed by atoms with E-state index in [1.54, 1.807) is 0 Å². The molecule has 0 amide bonds. The summed E-state index contributed by atoms with van der Waals surface area (Å²) in [5.74, 6) is 0.106. The molecule has 0 N–H and O–H groups in total. The van der Waals surface area contributed by atoms with Crippen molar-refractivity contribution >= 4 is 23.2 Å². The third-order valence-corrected chi connectivity index (χ3v) is 4.91. The van der Waals surface area contributed by atoms with Gasteiger partial charge in [-0.05, 0) is 61.4 Å². The van der Waals surface area contributed by atoms with E-state index in [-0.39, 0.29) is 23.9 Å². The first-order chi connectivity index (χ1) is 8.82. The molecule has 0 spiro atoms. The van der Waals surface area contributed by atoms with Gasteiger partial charge in [0, 0.05) is 17.9 Å². The molecule has 1 saturated carbocycles. The van der Waals surface area contributed by atoms with Crippen LogP contribution >= 0.6 is 11.6 Å². The molecule has 0 unspecified atom stereocenters. The molecule has 1 aromatic carbocycles. The molecule has 0 aromatic heterocycles. The number of ketones is 2. The third kappa shape index (κ3) is 2.46. The Bertz CT molecular complexity index is 528. The van der Waals surface area contributed by atoms with Gasteiger partial charge in [-0.15, -0.1) is 0 Å². The molecule has 1 aliphatic rings. The second kappa shape index (κ2) is 5.09. The number of hydrogen-bond acceptors (Lipinski definition) is 2. The zero-order valence-electron chi connectivity index (χ0n) is 11.9. The Kier molecular flexibility index (Phi) is 3.82. The lowest BCUT2D eigenvalue weighted by molar-refractivity contribution is -0.130. The predicted molar refractivity (Wildman–Crippen MR) is 77.0 cm³/mol. The predicted octanol–water partition coefficient (Wildman–Crippen LogP) is 3.98. The monoisotopic (exact) mass is 278 g/mol. The normalized spacial score (nSPS) is 17.1. The molecule has 1 fully saturated rings. The maximum Gasteiger partial charge on any atom is 0.140 e. The quantitative estimate of drug-likeness (QED) is 0.728. The van der Waals surface area contributed by atoms with Crippen molar-refractivity contribution in [1.29, 1.82) is 0 Å². The highest BCUT2D eigenvalue weighted by Gasteiger charge is 2.30. The van der Waals surface area contributed by atoms with Crippen molar-refractivity contribution in [2.75, 3.05) is 0 Å². The molecule has 102 valence electrons. The lowest BCUT2D eigenvalue weighted by Crippen LogP contribution is -2.23. The average molecular weight is 279 g/mol. The van der Waals surface area contributed by atoms with Crippen molar-refractivity contribution in [2.24, 2.45) is 0 Å². The molecule has 0 bridgehead atoms. The van der Waals surface area contributed by atoms with Gasteiger partial charge < -0.3 is 0 Å². The van der Waals surface area contributed by atoms with Gasteiger partial charge in [-0.2, -0.15) is 0 Å². The van der Waals surface area contributed by atoms with E-state index < -0.39 is 0 Å². The minimum Gasteiger partial charge on any atom is -0.299 e. The lowest BCUT2D eigenvalue weighted by atomic mass is 9.77. The van der Waals surface area contributed by atoms with Crippen LogP contribution in [0.25, 0.3) is 0 Å². The summed E-state index contributed by atoms with van der Waals surface area (Å²) < 4.78 is 0. The Hall–Kier alpha value is -1.15. The van der Waals surface area contributed by atoms with Gasteiger partial charge in [0.05, 0.1) is 6.42 Å². The fraction of sp³-hybridized carbons (Fsp3) is 0.500. The molecule has 0 aliphatic heterocycles. The van der Waals surface area contributed by atoms with Gasteiger partial charge in [-0.25, -0.2) is 0 Å². The molecule has 2 nitrogen and oxygen atoms in total. The summed E-state index contributed by atoms with van der Waals surface area (Å²) in [5, 5.41) is 0.767. The smallest absolute Gasteiger partial charge is 0.140 e. The summed E-state index contributed by atoms with van der Waals surface area (Å²) in [5.41, 5.74) is 5.56. The van der Waals surface area contributed by atoms with Gasteiger partial charge in [-0.1, -0.05) is 11.6 Å². The van der Waals surface area contributed by atoms with E-state index in [0.29, 0.717) is 12.8 Å². The second-order valence-corrected chi connectivity index (χ2v) is 5.96. The molecule has 0 atom stereocenters. The number of carbonyl (C=O) groups excluding carboxylic acids is 2. The first-order valence-corrected chi connectivity index (χ1v) is 6.99. The van der Waals surface area contributed by atoms with Crippen LogP contribution in [-0.4, -0.2) is 11.6 Å². The van der Waals surface area contributed by atoms with Gasteiger partial charge in [0.25, 0.3) is 0 Å². The largest absolute Gasteiger partial charge is 0.299 e. The van der Waals surface area contributed by atoms with Crippen LogP contribution in [0.1, 0.15) is 53.0 Å². The Morgan fingerprint density at radius 3 is 1.89 bits per heavy atom. The molecule has 3 heteroatoms. The van der Waals surface area contributed by atoms with E-state index in [9.17, 15) is 9.59 Å². The van der Waals surface area contributed by atoms with E-state index in [1.807, 2.05) is 20.8 Å². The van der Waals surface area contributed by atoms with E-state index >= 15 is 0 Å². The number of hydrogen-bond donors (Lipinski definition) is 0. The van der Waals surface area contributed by atoms with Crippen LogP contribution in [-0.2, 0) is 9.59 Å². The van der Waals surface area contributed by atoms with Crippen molar-refractivity contribution in [2.45, 2.75) is 52.9 Å². The van der Waals surface area contributed by atoms with Gasteiger partial charge in [0.15, 0.2) is 0 Å². The highest BCUT2D eigenvalue weighted by Crippen LogP contribution is 2.39. The Labute approximate surface area is 119 Å². The zero-order chi connectivity index (χ0) is 14.3. The van der Waals surface area contributed by atoms with Gasteiger partial charge in [-0.3, -0.25) is 9.59 Å². The molecule has 1 aliphatic carbocycles. The SMILES string of the molecule is Cc1c(C)c(Cl)c(C)c(C2CC(=O)CC(=O)C2)c1C. The van der Waals surface area contributed by atoms with Crippen LogP contribution in [0.4, 0.5) is 0 Å². The van der Waals surface area contributed by atoms with E-state index in [1.165, 1.54) is 5.56 Å². The molecule has 0 radical (unpaired) electrons. The van der Waals surface area contributed by atoms with Crippen molar-refractivity contribution in [1.82, 2.24) is 0 Å². The van der Waals surface area contributed by atoms with Crippen molar-refractivity contribution in [3.63, 3.8) is 0 Å². The standard InChI is InChI=1S/C16H19ClO2/c1-8-9(2)15(11(4)16(17)10(8)3)12-5-13(18)7-14(19)6-12/h12H,5-7H2,1-4H3. The van der Waals surface area contributed by atoms with Crippen molar-refractivity contribution in [3.05, 3.63) is 32.8 Å². The first-order valence-electron chi connectivity index (χ1n) is 6.62. The summed E-state index contributed by atoms with van der Waals surface area (Å²) in [4.78, 5) is 23.3. The molecule has 19 heavy (non-hydrogen) atoms. The molecule has 2 rings (SSSR count). The van der Waals surface area contributed by atoms with Crippen LogP contribution in [0.15, 0.2) is 0 Å². The van der Waals surface area contributed by atoms with Crippen molar-refractivity contribution < 1.29 is 9.59 Å². The number of halogens is 1. The van der Waals surface area contributed by atoms with Crippen molar-refractivity contribution in [3.8, 4) is 0 Å². The third-order valence-electron chi connectivity index (χ3n) is 4.34. The highest BCUT2D eigenvalue weighted by molar-refractivity contribution is 6.32. The molecular formula is C16H19ClO2. The fourth-order valence-corrected chi connectivity index (χ4v) is 3.37. The topological polar surface area (TPSA) is 34.1 Å². The maximum atomic E-state index is 11.7. The number of Topliss-reactive ketones (excluding diaryl/α,β-unsaturated/α-hetero) is 2. The number of rotatable bonds is 1. The van der Waals surface area contributed by atoms with Crippen LogP contribution < -0.4 is 0 Å². The Morgan fingerprint density at radius 1 is 0.842 bits per heavy atom. The fourth-order valence-electron chi connectivity index (χ4n) is 3.13. The summed E-state index contributed by atoms with van der Waals surface area (Å²) in [6, 6.07) is 0. The van der Waals surface area contributed by atoms with Crippen LogP contribution in [0.5, 0.6) is 0 Å². The minimum absolute atomic E-state index is 0.00514. The van der Waals surface area contributed by atoms with Gasteiger partial charge >= 0.3 is 0 Å². The first kappa shape index (κ1) is 14.3. The Balaban J connectivity index is 2.56. The molecular weight excluding hydrogens is 260 g/mol. The number of carbonyl (C=O) groups is 2. The lowest BCUT2D eigenvalue weighted by Gasteiger charge is -2.26. The van der Waals surface area contributed by atoms with Crippen LogP contribution in [0.2, 0.25) is 5.02 Å². The van der Waals surface area contributed by atoms with E-state index in [4.69, 9.17) is 11.6 Å². The molecule has 1 aromatic rings. The summed E-state index contributed by atoms with van der Waals surface area (Å²) in [6.07, 6.45) is 1.03. The second-order valence-electron chi connectivity index (χ2n) is 5.59.